The highest BCUT2D eigenvalue weighted by Gasteiger charge is 2.26. The summed E-state index contributed by atoms with van der Waals surface area (Å²) in [5.74, 6) is 0.0113. The number of benzene rings is 2. The highest BCUT2D eigenvalue weighted by atomic mass is 79.9. The number of carbonyl (C=O) groups excluding carboxylic acids is 1. The number of halogens is 1. The summed E-state index contributed by atoms with van der Waals surface area (Å²) in [6, 6.07) is 15.1. The summed E-state index contributed by atoms with van der Waals surface area (Å²) >= 11 is 3.45. The number of nitriles is 1. The third-order valence-corrected chi connectivity index (χ3v) is 4.10. The summed E-state index contributed by atoms with van der Waals surface area (Å²) < 4.78 is 0.768. The van der Waals surface area contributed by atoms with Crippen LogP contribution in [0, 0.1) is 11.3 Å². The normalized spacial score (nSPS) is 13.8. The molecular weight excluding hydrogens is 316 g/mol. The van der Waals surface area contributed by atoms with Gasteiger partial charge in [0.15, 0.2) is 0 Å². The highest BCUT2D eigenvalue weighted by Crippen LogP contribution is 2.31. The minimum absolute atomic E-state index is 0.0113. The van der Waals surface area contributed by atoms with E-state index in [9.17, 15) is 4.79 Å². The van der Waals surface area contributed by atoms with Crippen molar-refractivity contribution in [2.75, 3.05) is 11.4 Å². The fourth-order valence-corrected chi connectivity index (χ4v) is 3.04. The molecule has 4 heteroatoms. The molecule has 3 nitrogen and oxygen atoms in total. The maximum Gasteiger partial charge on any atom is 0.258 e. The van der Waals surface area contributed by atoms with Crippen LogP contribution < -0.4 is 4.90 Å². The molecule has 1 aliphatic rings. The standard InChI is InChI=1S/C16H11BrN2O/c17-14-9-11(10-18)5-6-15(14)19-8-7-12-3-1-2-4-13(12)16(19)20/h1-6,9H,7-8H2. The molecule has 0 saturated heterocycles. The van der Waals surface area contributed by atoms with E-state index >= 15 is 0 Å². The summed E-state index contributed by atoms with van der Waals surface area (Å²) in [6.07, 6.45) is 0.842. The lowest BCUT2D eigenvalue weighted by atomic mass is 9.98. The first-order valence-corrected chi connectivity index (χ1v) is 7.09. The van der Waals surface area contributed by atoms with Crippen molar-refractivity contribution in [3.63, 3.8) is 0 Å². The van der Waals surface area contributed by atoms with Gasteiger partial charge in [0, 0.05) is 16.6 Å². The van der Waals surface area contributed by atoms with Gasteiger partial charge in [-0.1, -0.05) is 18.2 Å². The van der Waals surface area contributed by atoms with Gasteiger partial charge in [0.25, 0.3) is 5.91 Å². The molecule has 0 aliphatic carbocycles. The Morgan fingerprint density at radius 3 is 2.75 bits per heavy atom. The van der Waals surface area contributed by atoms with Crippen molar-refractivity contribution in [1.29, 1.82) is 5.26 Å². The first-order valence-electron chi connectivity index (χ1n) is 6.30. The molecule has 2 aromatic carbocycles. The number of amides is 1. The number of hydrogen-bond donors (Lipinski definition) is 0. The van der Waals surface area contributed by atoms with Gasteiger partial charge in [-0.15, -0.1) is 0 Å². The van der Waals surface area contributed by atoms with Crippen molar-refractivity contribution < 1.29 is 4.79 Å². The average Bonchev–Trinajstić information content (AvgIpc) is 2.48. The largest absolute Gasteiger partial charge is 0.307 e. The lowest BCUT2D eigenvalue weighted by molar-refractivity contribution is 0.0980. The van der Waals surface area contributed by atoms with Gasteiger partial charge in [0.05, 0.1) is 17.3 Å². The molecule has 0 fully saturated rings. The lowest BCUT2D eigenvalue weighted by Gasteiger charge is -2.29. The van der Waals surface area contributed by atoms with Crippen LogP contribution in [0.2, 0.25) is 0 Å². The number of hydrogen-bond acceptors (Lipinski definition) is 2. The molecule has 1 aliphatic heterocycles. The first-order chi connectivity index (χ1) is 9.70. The molecule has 0 atom stereocenters. The van der Waals surface area contributed by atoms with E-state index in [0.717, 1.165) is 27.7 Å². The molecule has 3 rings (SSSR count). The van der Waals surface area contributed by atoms with E-state index in [1.54, 1.807) is 17.0 Å². The third-order valence-electron chi connectivity index (χ3n) is 3.47. The predicted molar refractivity (Wildman–Crippen MR) is 80.7 cm³/mol. The van der Waals surface area contributed by atoms with Crippen LogP contribution in [0.15, 0.2) is 46.9 Å². The molecule has 98 valence electrons. The monoisotopic (exact) mass is 326 g/mol. The molecule has 0 bridgehead atoms. The Morgan fingerprint density at radius 2 is 2.00 bits per heavy atom. The summed E-state index contributed by atoms with van der Waals surface area (Å²) in [4.78, 5) is 14.3. The number of rotatable bonds is 1. The SMILES string of the molecule is N#Cc1ccc(N2CCc3ccccc3C2=O)c(Br)c1. The predicted octanol–water partition coefficient (Wildman–Crippen LogP) is 3.52. The number of carbonyl (C=O) groups is 1. The van der Waals surface area contributed by atoms with Crippen molar-refractivity contribution >= 4 is 27.5 Å². The quantitative estimate of drug-likeness (QED) is 0.804. The van der Waals surface area contributed by atoms with Crippen molar-refractivity contribution in [3.05, 3.63) is 63.6 Å². The van der Waals surface area contributed by atoms with Crippen molar-refractivity contribution in [2.24, 2.45) is 0 Å². The van der Waals surface area contributed by atoms with Gasteiger partial charge in [-0.05, 0) is 52.2 Å². The number of fused-ring (bicyclic) bond motifs is 1. The molecule has 2 aromatic rings. The summed E-state index contributed by atoms with van der Waals surface area (Å²) in [5.41, 5.74) is 3.24. The molecule has 0 N–H and O–H groups in total. The van der Waals surface area contributed by atoms with Crippen LogP contribution in [-0.4, -0.2) is 12.5 Å². The Bertz CT molecular complexity index is 733. The van der Waals surface area contributed by atoms with Gasteiger partial charge in [0.1, 0.15) is 0 Å². The van der Waals surface area contributed by atoms with E-state index in [2.05, 4.69) is 22.0 Å². The Morgan fingerprint density at radius 1 is 1.20 bits per heavy atom. The van der Waals surface area contributed by atoms with E-state index in [-0.39, 0.29) is 5.91 Å². The van der Waals surface area contributed by atoms with E-state index in [1.807, 2.05) is 30.3 Å². The van der Waals surface area contributed by atoms with Gasteiger partial charge < -0.3 is 4.90 Å². The van der Waals surface area contributed by atoms with Crippen molar-refractivity contribution in [3.8, 4) is 6.07 Å². The molecule has 0 saturated carbocycles. The second-order valence-corrected chi connectivity index (χ2v) is 5.50. The fourth-order valence-electron chi connectivity index (χ4n) is 2.45. The van der Waals surface area contributed by atoms with E-state index < -0.39 is 0 Å². The molecular formula is C16H11BrN2O. The molecule has 1 heterocycles. The lowest BCUT2D eigenvalue weighted by Crippen LogP contribution is -2.37. The second-order valence-electron chi connectivity index (χ2n) is 4.64. The smallest absolute Gasteiger partial charge is 0.258 e. The van der Waals surface area contributed by atoms with Gasteiger partial charge in [-0.25, -0.2) is 0 Å². The van der Waals surface area contributed by atoms with Gasteiger partial charge in [-0.2, -0.15) is 5.26 Å². The zero-order valence-electron chi connectivity index (χ0n) is 10.6. The Kier molecular flexibility index (Phi) is 3.29. The van der Waals surface area contributed by atoms with Crippen LogP contribution in [0.1, 0.15) is 21.5 Å². The van der Waals surface area contributed by atoms with Crippen LogP contribution in [0.25, 0.3) is 0 Å². The van der Waals surface area contributed by atoms with Crippen LogP contribution in [-0.2, 0) is 6.42 Å². The summed E-state index contributed by atoms with van der Waals surface area (Å²) in [5, 5.41) is 8.89. The molecule has 0 spiro atoms. The fraction of sp³-hybridized carbons (Fsp3) is 0.125. The zero-order valence-corrected chi connectivity index (χ0v) is 12.2. The van der Waals surface area contributed by atoms with Crippen molar-refractivity contribution in [2.45, 2.75) is 6.42 Å². The van der Waals surface area contributed by atoms with Crippen LogP contribution in [0.5, 0.6) is 0 Å². The Hall–Kier alpha value is -2.12. The number of nitrogens with zero attached hydrogens (tertiary/aromatic N) is 2. The summed E-state index contributed by atoms with van der Waals surface area (Å²) in [7, 11) is 0. The molecule has 0 unspecified atom stereocenters. The van der Waals surface area contributed by atoms with Gasteiger partial charge in [-0.3, -0.25) is 4.79 Å². The first kappa shape index (κ1) is 12.9. The third kappa shape index (κ3) is 2.10. The topological polar surface area (TPSA) is 44.1 Å². The maximum absolute atomic E-state index is 12.6. The molecule has 1 amide bonds. The molecule has 20 heavy (non-hydrogen) atoms. The second kappa shape index (κ2) is 5.10. The average molecular weight is 327 g/mol. The van der Waals surface area contributed by atoms with Gasteiger partial charge >= 0.3 is 0 Å². The summed E-state index contributed by atoms with van der Waals surface area (Å²) in [6.45, 7) is 0.653. The van der Waals surface area contributed by atoms with E-state index in [1.165, 1.54) is 0 Å². The maximum atomic E-state index is 12.6. The van der Waals surface area contributed by atoms with E-state index in [4.69, 9.17) is 5.26 Å². The zero-order chi connectivity index (χ0) is 14.1. The van der Waals surface area contributed by atoms with Gasteiger partial charge in [0.2, 0.25) is 0 Å². The van der Waals surface area contributed by atoms with Crippen LogP contribution >= 0.6 is 15.9 Å². The molecule has 0 radical (unpaired) electrons. The van der Waals surface area contributed by atoms with Crippen molar-refractivity contribution in [1.82, 2.24) is 0 Å². The number of anilines is 1. The minimum atomic E-state index is 0.0113. The highest BCUT2D eigenvalue weighted by molar-refractivity contribution is 9.10. The Labute approximate surface area is 125 Å². The molecule has 0 aromatic heterocycles. The van der Waals surface area contributed by atoms with Crippen LogP contribution in [0.3, 0.4) is 0 Å². The van der Waals surface area contributed by atoms with E-state index in [0.29, 0.717) is 12.1 Å². The Balaban J connectivity index is 2.01. The minimum Gasteiger partial charge on any atom is -0.307 e. The van der Waals surface area contributed by atoms with Crippen LogP contribution in [0.4, 0.5) is 5.69 Å².